The number of anilines is 1. The lowest BCUT2D eigenvalue weighted by molar-refractivity contribution is -0.00461. The summed E-state index contributed by atoms with van der Waals surface area (Å²) >= 11 is 6.08. The quantitative estimate of drug-likeness (QED) is 0.795. The van der Waals surface area contributed by atoms with Gasteiger partial charge in [-0.3, -0.25) is 0 Å². The molecule has 1 fully saturated rings. The Balaban J connectivity index is 2.32. The highest BCUT2D eigenvalue weighted by Gasteiger charge is 2.34. The second-order valence-corrected chi connectivity index (χ2v) is 5.24. The molecule has 19 heavy (non-hydrogen) atoms. The van der Waals surface area contributed by atoms with Crippen LogP contribution in [0, 0.1) is 13.8 Å². The first-order valence-electron chi connectivity index (χ1n) is 6.44. The highest BCUT2D eigenvalue weighted by molar-refractivity contribution is 6.17. The molecule has 4 nitrogen and oxygen atoms in total. The van der Waals surface area contributed by atoms with E-state index in [1.165, 1.54) is 5.56 Å². The van der Waals surface area contributed by atoms with E-state index in [4.69, 9.17) is 21.1 Å². The summed E-state index contributed by atoms with van der Waals surface area (Å²) < 4.78 is 10.9. The maximum atomic E-state index is 6.08. The molecule has 0 aromatic carbocycles. The molecule has 1 aromatic heterocycles. The van der Waals surface area contributed by atoms with E-state index < -0.39 is 0 Å². The van der Waals surface area contributed by atoms with Gasteiger partial charge < -0.3 is 14.4 Å². The third-order valence-electron chi connectivity index (χ3n) is 3.71. The minimum atomic E-state index is 0.0794. The van der Waals surface area contributed by atoms with E-state index in [0.29, 0.717) is 5.88 Å². The smallest absolute Gasteiger partial charge is 0.133 e. The van der Waals surface area contributed by atoms with Crippen molar-refractivity contribution in [2.75, 3.05) is 32.2 Å². The lowest BCUT2D eigenvalue weighted by Gasteiger charge is -2.21. The fraction of sp³-hybridized carbons (Fsp3) is 0.643. The molecular formula is C14H21ClN2O2. The van der Waals surface area contributed by atoms with Crippen molar-refractivity contribution in [1.82, 2.24) is 4.98 Å². The lowest BCUT2D eigenvalue weighted by Crippen LogP contribution is -2.27. The summed E-state index contributed by atoms with van der Waals surface area (Å²) in [5, 5.41) is 0. The van der Waals surface area contributed by atoms with Crippen LogP contribution < -0.4 is 4.90 Å². The fourth-order valence-corrected chi connectivity index (χ4v) is 2.97. The summed E-state index contributed by atoms with van der Waals surface area (Å²) in [7, 11) is 3.44. The van der Waals surface area contributed by atoms with Crippen LogP contribution >= 0.6 is 11.6 Å². The van der Waals surface area contributed by atoms with E-state index in [9.17, 15) is 0 Å². The molecule has 5 heteroatoms. The Kier molecular flexibility index (Phi) is 4.66. The zero-order valence-electron chi connectivity index (χ0n) is 11.9. The summed E-state index contributed by atoms with van der Waals surface area (Å²) in [6, 6.07) is 2.07. The summed E-state index contributed by atoms with van der Waals surface area (Å²) in [6.07, 6.45) is 0.159. The van der Waals surface area contributed by atoms with Crippen LogP contribution in [0.1, 0.15) is 16.8 Å². The van der Waals surface area contributed by atoms with Crippen LogP contribution in [0.3, 0.4) is 0 Å². The van der Waals surface area contributed by atoms with Gasteiger partial charge >= 0.3 is 0 Å². The molecule has 0 saturated carbocycles. The SMILES string of the molecule is COC1CN(c2nc(C)cc(C)c2CCl)CC1OC. The minimum absolute atomic E-state index is 0.0794. The fourth-order valence-electron chi connectivity index (χ4n) is 2.64. The molecule has 0 aliphatic carbocycles. The summed E-state index contributed by atoms with van der Waals surface area (Å²) in [5.41, 5.74) is 3.29. The predicted molar refractivity (Wildman–Crippen MR) is 77.1 cm³/mol. The number of nitrogens with zero attached hydrogens (tertiary/aromatic N) is 2. The third kappa shape index (κ3) is 2.86. The van der Waals surface area contributed by atoms with Gasteiger partial charge in [-0.2, -0.15) is 0 Å². The van der Waals surface area contributed by atoms with Gasteiger partial charge in [-0.1, -0.05) is 0 Å². The van der Waals surface area contributed by atoms with Crippen molar-refractivity contribution in [1.29, 1.82) is 0 Å². The molecule has 0 N–H and O–H groups in total. The van der Waals surface area contributed by atoms with Crippen LogP contribution in [0.5, 0.6) is 0 Å². The molecule has 2 unspecified atom stereocenters. The van der Waals surface area contributed by atoms with Gasteiger partial charge in [-0.05, 0) is 25.5 Å². The zero-order chi connectivity index (χ0) is 14.0. The second-order valence-electron chi connectivity index (χ2n) is 4.97. The van der Waals surface area contributed by atoms with Crippen LogP contribution in [0.15, 0.2) is 6.07 Å². The molecule has 2 atom stereocenters. The third-order valence-corrected chi connectivity index (χ3v) is 3.97. The van der Waals surface area contributed by atoms with Gasteiger partial charge in [-0.25, -0.2) is 4.98 Å². The summed E-state index contributed by atoms with van der Waals surface area (Å²) in [5.74, 6) is 1.44. The molecule has 1 saturated heterocycles. The van der Waals surface area contributed by atoms with E-state index >= 15 is 0 Å². The number of hydrogen-bond acceptors (Lipinski definition) is 4. The standard InChI is InChI=1S/C14H21ClN2O2/c1-9-5-10(2)16-14(11(9)6-15)17-7-12(18-3)13(8-17)19-4/h5,12-13H,6-8H2,1-4H3. The number of halogens is 1. The molecule has 1 aromatic rings. The molecule has 0 spiro atoms. The number of aryl methyl sites for hydroxylation is 2. The van der Waals surface area contributed by atoms with Crippen molar-refractivity contribution in [2.24, 2.45) is 0 Å². The maximum Gasteiger partial charge on any atom is 0.133 e. The number of pyridine rings is 1. The van der Waals surface area contributed by atoms with E-state index in [-0.39, 0.29) is 12.2 Å². The average molecular weight is 285 g/mol. The van der Waals surface area contributed by atoms with Gasteiger partial charge in [-0.15, -0.1) is 11.6 Å². The van der Waals surface area contributed by atoms with E-state index in [1.54, 1.807) is 14.2 Å². The number of rotatable bonds is 4. The van der Waals surface area contributed by atoms with Crippen LogP contribution in [0.25, 0.3) is 0 Å². The number of hydrogen-bond donors (Lipinski definition) is 0. The van der Waals surface area contributed by atoms with E-state index in [1.807, 2.05) is 6.92 Å². The molecule has 0 radical (unpaired) electrons. The van der Waals surface area contributed by atoms with Crippen LogP contribution in [0.2, 0.25) is 0 Å². The highest BCUT2D eigenvalue weighted by Crippen LogP contribution is 2.28. The van der Waals surface area contributed by atoms with Crippen LogP contribution in [-0.4, -0.2) is 44.5 Å². The predicted octanol–water partition coefficient (Wildman–Crippen LogP) is 2.29. The second kappa shape index (κ2) is 6.07. The first kappa shape index (κ1) is 14.6. The minimum Gasteiger partial charge on any atom is -0.377 e. The Morgan fingerprint density at radius 3 is 2.32 bits per heavy atom. The molecule has 0 bridgehead atoms. The Morgan fingerprint density at radius 1 is 1.26 bits per heavy atom. The number of aromatic nitrogens is 1. The van der Waals surface area contributed by atoms with Gasteiger partial charge in [0, 0.05) is 38.6 Å². The molecule has 0 amide bonds. The Bertz CT molecular complexity index is 441. The number of alkyl halides is 1. The Labute approximate surface area is 119 Å². The largest absolute Gasteiger partial charge is 0.377 e. The van der Waals surface area contributed by atoms with Crippen molar-refractivity contribution < 1.29 is 9.47 Å². The highest BCUT2D eigenvalue weighted by atomic mass is 35.5. The van der Waals surface area contributed by atoms with Gasteiger partial charge in [0.25, 0.3) is 0 Å². The number of ether oxygens (including phenoxy) is 2. The van der Waals surface area contributed by atoms with Crippen LogP contribution in [-0.2, 0) is 15.4 Å². The van der Waals surface area contributed by atoms with Crippen molar-refractivity contribution in [3.05, 3.63) is 22.9 Å². The molecule has 1 aliphatic rings. The van der Waals surface area contributed by atoms with Crippen molar-refractivity contribution in [2.45, 2.75) is 31.9 Å². The van der Waals surface area contributed by atoms with Gasteiger partial charge in [0.1, 0.15) is 18.0 Å². The molecule has 2 rings (SSSR count). The first-order valence-corrected chi connectivity index (χ1v) is 6.97. The Hall–Kier alpha value is -0.840. The van der Waals surface area contributed by atoms with Crippen molar-refractivity contribution in [3.8, 4) is 0 Å². The topological polar surface area (TPSA) is 34.6 Å². The maximum absolute atomic E-state index is 6.08. The summed E-state index contributed by atoms with van der Waals surface area (Å²) in [4.78, 5) is 6.86. The first-order chi connectivity index (χ1) is 9.10. The number of methoxy groups -OCH3 is 2. The average Bonchev–Trinajstić information content (AvgIpc) is 2.81. The zero-order valence-corrected chi connectivity index (χ0v) is 12.7. The molecule has 106 valence electrons. The van der Waals surface area contributed by atoms with E-state index in [0.717, 1.165) is 30.2 Å². The normalized spacial score (nSPS) is 23.1. The van der Waals surface area contributed by atoms with Gasteiger partial charge in [0.2, 0.25) is 0 Å². The monoisotopic (exact) mass is 284 g/mol. The van der Waals surface area contributed by atoms with Crippen molar-refractivity contribution >= 4 is 17.4 Å². The molecular weight excluding hydrogens is 264 g/mol. The van der Waals surface area contributed by atoms with Gasteiger partial charge in [0.15, 0.2) is 0 Å². The van der Waals surface area contributed by atoms with Gasteiger partial charge in [0.05, 0.1) is 5.88 Å². The van der Waals surface area contributed by atoms with Crippen LogP contribution in [0.4, 0.5) is 5.82 Å². The van der Waals surface area contributed by atoms with Crippen molar-refractivity contribution in [3.63, 3.8) is 0 Å². The lowest BCUT2D eigenvalue weighted by atomic mass is 10.1. The van der Waals surface area contributed by atoms with E-state index in [2.05, 4.69) is 22.9 Å². The Morgan fingerprint density at radius 2 is 1.84 bits per heavy atom. The summed E-state index contributed by atoms with van der Waals surface area (Å²) in [6.45, 7) is 5.66. The molecule has 2 heterocycles. The molecule has 1 aliphatic heterocycles.